The van der Waals surface area contributed by atoms with E-state index in [2.05, 4.69) is 14.8 Å². The maximum atomic E-state index is 13.3. The molecule has 8 heteroatoms. The summed E-state index contributed by atoms with van der Waals surface area (Å²) in [6, 6.07) is 17.3. The molecular weight excluding hydrogens is 429 g/mol. The summed E-state index contributed by atoms with van der Waals surface area (Å²) in [7, 11) is -3.57. The van der Waals surface area contributed by atoms with Crippen LogP contribution in [-0.2, 0) is 16.4 Å². The van der Waals surface area contributed by atoms with Crippen molar-refractivity contribution in [1.29, 1.82) is 0 Å². The van der Waals surface area contributed by atoms with Gasteiger partial charge in [-0.2, -0.15) is 0 Å². The molecule has 0 aliphatic carbocycles. The van der Waals surface area contributed by atoms with E-state index in [1.807, 2.05) is 30.3 Å². The highest BCUT2D eigenvalue weighted by Crippen LogP contribution is 2.22. The normalized spacial score (nSPS) is 17.5. The van der Waals surface area contributed by atoms with Crippen molar-refractivity contribution in [3.63, 3.8) is 0 Å². The van der Waals surface area contributed by atoms with E-state index < -0.39 is 10.0 Å². The second kappa shape index (κ2) is 8.61. The van der Waals surface area contributed by atoms with Gasteiger partial charge in [0.2, 0.25) is 10.0 Å². The first-order chi connectivity index (χ1) is 15.5. The monoisotopic (exact) mass is 453 g/mol. The zero-order valence-electron chi connectivity index (χ0n) is 17.5. The lowest BCUT2D eigenvalue weighted by molar-refractivity contribution is 0.326. The third-order valence-corrected chi connectivity index (χ3v) is 7.54. The first-order valence-corrected chi connectivity index (χ1v) is 12.2. The van der Waals surface area contributed by atoms with Crippen molar-refractivity contribution in [2.45, 2.75) is 30.2 Å². The summed E-state index contributed by atoms with van der Waals surface area (Å²) in [5.41, 5.74) is 1.29. The molecular formula is C24H24FN3O3S. The Balaban J connectivity index is 1.16. The number of sulfonamides is 1. The average Bonchev–Trinajstić information content (AvgIpc) is 3.39. The Morgan fingerprint density at radius 3 is 2.81 bits per heavy atom. The quantitative estimate of drug-likeness (QED) is 0.456. The number of rotatable bonds is 7. The minimum Gasteiger partial charge on any atom is -0.356 e. The van der Waals surface area contributed by atoms with Crippen LogP contribution < -0.4 is 4.72 Å². The molecule has 0 saturated carbocycles. The molecule has 1 fully saturated rings. The van der Waals surface area contributed by atoms with Gasteiger partial charge < -0.3 is 9.42 Å². The lowest BCUT2D eigenvalue weighted by Crippen LogP contribution is -2.37. The summed E-state index contributed by atoms with van der Waals surface area (Å²) in [5.74, 6) is -0.338. The fourth-order valence-corrected chi connectivity index (χ4v) is 5.66. The predicted octanol–water partition coefficient (Wildman–Crippen LogP) is 4.11. The zero-order chi connectivity index (χ0) is 22.1. The second-order valence-corrected chi connectivity index (χ2v) is 10.0. The maximum Gasteiger partial charge on any atom is 0.240 e. The molecule has 0 spiro atoms. The lowest BCUT2D eigenvalue weighted by Gasteiger charge is -2.16. The fraction of sp³-hybridized carbons (Fsp3) is 0.292. The summed E-state index contributed by atoms with van der Waals surface area (Å²) in [4.78, 5) is 2.55. The highest BCUT2D eigenvalue weighted by molar-refractivity contribution is 7.89. The lowest BCUT2D eigenvalue weighted by atomic mass is 10.1. The van der Waals surface area contributed by atoms with Crippen LogP contribution in [0.1, 0.15) is 18.5 Å². The molecule has 1 saturated heterocycles. The number of fused-ring (bicyclic) bond motifs is 2. The Hall–Kier alpha value is -2.81. The van der Waals surface area contributed by atoms with Crippen LogP contribution in [-0.4, -0.2) is 44.2 Å². The number of aryl methyl sites for hydroxylation is 1. The van der Waals surface area contributed by atoms with Crippen LogP contribution in [0.2, 0.25) is 0 Å². The van der Waals surface area contributed by atoms with Gasteiger partial charge >= 0.3 is 0 Å². The second-order valence-electron chi connectivity index (χ2n) is 8.29. The number of aromatic nitrogens is 1. The van der Waals surface area contributed by atoms with E-state index >= 15 is 0 Å². The molecule has 6 nitrogen and oxygen atoms in total. The van der Waals surface area contributed by atoms with Crippen LogP contribution in [0.25, 0.3) is 21.7 Å². The van der Waals surface area contributed by atoms with Crippen molar-refractivity contribution >= 4 is 31.8 Å². The van der Waals surface area contributed by atoms with Crippen molar-refractivity contribution in [2.24, 2.45) is 0 Å². The van der Waals surface area contributed by atoms with Gasteiger partial charge in [-0.25, -0.2) is 17.5 Å². The molecule has 0 radical (unpaired) electrons. The highest BCUT2D eigenvalue weighted by Gasteiger charge is 2.27. The van der Waals surface area contributed by atoms with Gasteiger partial charge in [-0.1, -0.05) is 35.5 Å². The van der Waals surface area contributed by atoms with Gasteiger partial charge in [0, 0.05) is 24.0 Å². The van der Waals surface area contributed by atoms with Crippen molar-refractivity contribution in [1.82, 2.24) is 14.8 Å². The van der Waals surface area contributed by atoms with Gasteiger partial charge in [0.15, 0.2) is 5.58 Å². The Morgan fingerprint density at radius 2 is 1.94 bits per heavy atom. The van der Waals surface area contributed by atoms with E-state index in [1.54, 1.807) is 18.2 Å². The van der Waals surface area contributed by atoms with Gasteiger partial charge in [0.05, 0.1) is 10.6 Å². The summed E-state index contributed by atoms with van der Waals surface area (Å²) < 4.78 is 47.1. The Kier molecular flexibility index (Phi) is 5.67. The Bertz CT molecular complexity index is 1370. The molecule has 3 aromatic carbocycles. The fourth-order valence-electron chi connectivity index (χ4n) is 4.37. The topological polar surface area (TPSA) is 75.4 Å². The molecule has 1 aliphatic heterocycles. The number of benzene rings is 3. The Labute approximate surface area is 186 Å². The number of hydrogen-bond donors (Lipinski definition) is 1. The number of nitrogens with zero attached hydrogens (tertiary/aromatic N) is 2. The smallest absolute Gasteiger partial charge is 0.240 e. The van der Waals surface area contributed by atoms with Crippen molar-refractivity contribution < 1.29 is 17.3 Å². The number of hydrogen-bond acceptors (Lipinski definition) is 5. The van der Waals surface area contributed by atoms with Gasteiger partial charge in [-0.3, -0.25) is 0 Å². The third kappa shape index (κ3) is 4.39. The first-order valence-electron chi connectivity index (χ1n) is 10.8. The molecule has 166 valence electrons. The van der Waals surface area contributed by atoms with E-state index in [4.69, 9.17) is 4.52 Å². The highest BCUT2D eigenvalue weighted by atomic mass is 32.2. The number of nitrogens with one attached hydrogen (secondary N) is 1. The summed E-state index contributed by atoms with van der Waals surface area (Å²) in [6.07, 6.45) is 2.37. The molecule has 5 rings (SSSR count). The molecule has 1 aromatic heterocycles. The molecule has 1 atom stereocenters. The standard InChI is InChI=1S/C24H24FN3O3S/c25-19-8-10-22-23(26-31-24(22)15-19)6-3-12-28-13-11-20(16-28)27-32(29,30)21-9-7-17-4-1-2-5-18(17)14-21/h1-2,4-5,7-10,14-15,20,27H,3,6,11-13,16H2. The first kappa shape index (κ1) is 21.1. The van der Waals surface area contributed by atoms with Gasteiger partial charge in [-0.15, -0.1) is 0 Å². The summed E-state index contributed by atoms with van der Waals surface area (Å²) in [5, 5.41) is 6.83. The minimum atomic E-state index is -3.57. The maximum absolute atomic E-state index is 13.3. The van der Waals surface area contributed by atoms with Crippen molar-refractivity contribution in [2.75, 3.05) is 19.6 Å². The summed E-state index contributed by atoms with van der Waals surface area (Å²) >= 11 is 0. The summed E-state index contributed by atoms with van der Waals surface area (Å²) in [6.45, 7) is 2.36. The van der Waals surface area contributed by atoms with Crippen LogP contribution in [0.3, 0.4) is 0 Å². The molecule has 1 unspecified atom stereocenters. The third-order valence-electron chi connectivity index (χ3n) is 6.02. The molecule has 2 heterocycles. The molecule has 4 aromatic rings. The van der Waals surface area contributed by atoms with E-state index in [1.165, 1.54) is 12.1 Å². The predicted molar refractivity (Wildman–Crippen MR) is 121 cm³/mol. The van der Waals surface area contributed by atoms with E-state index in [0.29, 0.717) is 17.0 Å². The molecule has 1 N–H and O–H groups in total. The molecule has 0 bridgehead atoms. The van der Waals surface area contributed by atoms with Crippen LogP contribution in [0.5, 0.6) is 0 Å². The van der Waals surface area contributed by atoms with Gasteiger partial charge in [0.1, 0.15) is 5.82 Å². The zero-order valence-corrected chi connectivity index (χ0v) is 18.3. The van der Waals surface area contributed by atoms with Crippen LogP contribution in [0, 0.1) is 5.82 Å². The van der Waals surface area contributed by atoms with E-state index in [9.17, 15) is 12.8 Å². The molecule has 32 heavy (non-hydrogen) atoms. The SMILES string of the molecule is O=S(=O)(NC1CCN(CCCc2noc3cc(F)ccc23)C1)c1ccc2ccccc2c1. The van der Waals surface area contributed by atoms with Crippen LogP contribution in [0.4, 0.5) is 4.39 Å². The largest absolute Gasteiger partial charge is 0.356 e. The van der Waals surface area contributed by atoms with Gasteiger partial charge in [-0.05, 0) is 67.4 Å². The molecule has 1 aliphatic rings. The minimum absolute atomic E-state index is 0.109. The number of likely N-dealkylation sites (tertiary alicyclic amines) is 1. The molecule has 0 amide bonds. The van der Waals surface area contributed by atoms with Crippen LogP contribution >= 0.6 is 0 Å². The van der Waals surface area contributed by atoms with Crippen LogP contribution in [0.15, 0.2) is 70.1 Å². The van der Waals surface area contributed by atoms with E-state index in [-0.39, 0.29) is 11.9 Å². The average molecular weight is 454 g/mol. The number of halogens is 1. The van der Waals surface area contributed by atoms with Crippen molar-refractivity contribution in [3.05, 3.63) is 72.2 Å². The van der Waals surface area contributed by atoms with E-state index in [0.717, 1.165) is 54.2 Å². The van der Waals surface area contributed by atoms with Crippen molar-refractivity contribution in [3.8, 4) is 0 Å². The Morgan fingerprint density at radius 1 is 1.09 bits per heavy atom. The van der Waals surface area contributed by atoms with Gasteiger partial charge in [0.25, 0.3) is 0 Å².